The lowest BCUT2D eigenvalue weighted by Gasteiger charge is -2.24. The molecule has 6 nitrogen and oxygen atoms in total. The second-order valence-electron chi connectivity index (χ2n) is 7.59. The Morgan fingerprint density at radius 3 is 2.43 bits per heavy atom. The molecule has 4 rings (SSSR count). The zero-order valence-corrected chi connectivity index (χ0v) is 16.6. The third kappa shape index (κ3) is 3.14. The van der Waals surface area contributed by atoms with Gasteiger partial charge in [0.1, 0.15) is 0 Å². The Morgan fingerprint density at radius 2 is 1.75 bits per heavy atom. The van der Waals surface area contributed by atoms with Crippen molar-refractivity contribution in [3.05, 3.63) is 64.7 Å². The number of nitriles is 1. The summed E-state index contributed by atoms with van der Waals surface area (Å²) in [7, 11) is -3.21. The average Bonchev–Trinajstić information content (AvgIpc) is 3.09. The number of sulfone groups is 1. The molecule has 0 bridgehead atoms. The standard InChI is InChI=1S/C21H21N3O3S/c1-14-3-4-15(2)18(9-14)24-20-13-28(26,27)12-19(20)23(21(24)25)11-17-7-5-16(10-22)6-8-17/h3-9,19-20H,11-13H2,1-2H3/t19-,20-/m1/s1. The minimum absolute atomic E-state index is 0.0128. The van der Waals surface area contributed by atoms with Crippen LogP contribution in [0.15, 0.2) is 42.5 Å². The molecule has 2 aliphatic rings. The minimum atomic E-state index is -3.21. The van der Waals surface area contributed by atoms with Crippen molar-refractivity contribution in [1.29, 1.82) is 5.26 Å². The molecule has 2 atom stereocenters. The van der Waals surface area contributed by atoms with Crippen LogP contribution in [0.3, 0.4) is 0 Å². The summed E-state index contributed by atoms with van der Waals surface area (Å²) in [5, 5.41) is 8.96. The highest BCUT2D eigenvalue weighted by Crippen LogP contribution is 2.37. The van der Waals surface area contributed by atoms with Gasteiger partial charge in [-0.1, -0.05) is 24.3 Å². The van der Waals surface area contributed by atoms with Gasteiger partial charge >= 0.3 is 6.03 Å². The first-order chi connectivity index (χ1) is 13.3. The first-order valence-electron chi connectivity index (χ1n) is 9.15. The first-order valence-corrected chi connectivity index (χ1v) is 11.0. The molecule has 2 saturated heterocycles. The smallest absolute Gasteiger partial charge is 0.314 e. The van der Waals surface area contributed by atoms with Gasteiger partial charge in [-0.3, -0.25) is 4.90 Å². The zero-order chi connectivity index (χ0) is 20.1. The topological polar surface area (TPSA) is 81.5 Å². The van der Waals surface area contributed by atoms with E-state index in [4.69, 9.17) is 5.26 Å². The number of anilines is 1. The maximum atomic E-state index is 13.3. The Kier molecular flexibility index (Phi) is 4.39. The second-order valence-corrected chi connectivity index (χ2v) is 9.74. The van der Waals surface area contributed by atoms with Crippen molar-refractivity contribution >= 4 is 21.6 Å². The van der Waals surface area contributed by atoms with Crippen molar-refractivity contribution in [2.75, 3.05) is 16.4 Å². The Balaban J connectivity index is 1.72. The van der Waals surface area contributed by atoms with E-state index in [9.17, 15) is 13.2 Å². The van der Waals surface area contributed by atoms with Gasteiger partial charge in [0.2, 0.25) is 0 Å². The zero-order valence-electron chi connectivity index (χ0n) is 15.8. The van der Waals surface area contributed by atoms with E-state index in [0.717, 1.165) is 22.4 Å². The van der Waals surface area contributed by atoms with Crippen molar-refractivity contribution in [3.8, 4) is 6.07 Å². The number of carbonyl (C=O) groups is 1. The van der Waals surface area contributed by atoms with Crippen molar-refractivity contribution in [1.82, 2.24) is 4.90 Å². The highest BCUT2D eigenvalue weighted by atomic mass is 32.2. The molecule has 7 heteroatoms. The van der Waals surface area contributed by atoms with Crippen LogP contribution in [-0.2, 0) is 16.4 Å². The van der Waals surface area contributed by atoms with Crippen LogP contribution in [0.2, 0.25) is 0 Å². The number of hydrogen-bond acceptors (Lipinski definition) is 4. The molecule has 2 heterocycles. The number of hydrogen-bond donors (Lipinski definition) is 0. The third-order valence-electron chi connectivity index (χ3n) is 5.54. The number of rotatable bonds is 3. The molecule has 0 unspecified atom stereocenters. The van der Waals surface area contributed by atoms with Gasteiger partial charge in [0, 0.05) is 12.2 Å². The highest BCUT2D eigenvalue weighted by Gasteiger charge is 2.54. The van der Waals surface area contributed by atoms with Crippen LogP contribution in [0, 0.1) is 25.2 Å². The van der Waals surface area contributed by atoms with Gasteiger partial charge < -0.3 is 4.90 Å². The van der Waals surface area contributed by atoms with E-state index < -0.39 is 9.84 Å². The molecule has 0 aliphatic carbocycles. The molecule has 0 saturated carbocycles. The summed E-state index contributed by atoms with van der Waals surface area (Å²) in [4.78, 5) is 16.7. The maximum absolute atomic E-state index is 13.3. The summed E-state index contributed by atoms with van der Waals surface area (Å²) in [6.45, 7) is 4.22. The Labute approximate surface area is 164 Å². The van der Waals surface area contributed by atoms with Crippen LogP contribution in [0.1, 0.15) is 22.3 Å². The van der Waals surface area contributed by atoms with Crippen LogP contribution in [0.4, 0.5) is 10.5 Å². The predicted octanol–water partition coefficient (Wildman–Crippen LogP) is 2.78. The van der Waals surface area contributed by atoms with Crippen molar-refractivity contribution in [3.63, 3.8) is 0 Å². The summed E-state index contributed by atoms with van der Waals surface area (Å²) in [6.07, 6.45) is 0. The van der Waals surface area contributed by atoms with E-state index in [1.807, 2.05) is 44.2 Å². The quantitative estimate of drug-likeness (QED) is 0.749. The number of nitrogens with zero attached hydrogens (tertiary/aromatic N) is 3. The number of urea groups is 1. The Hall–Kier alpha value is -2.85. The first kappa shape index (κ1) is 18.5. The SMILES string of the molecule is Cc1ccc(C)c(N2C(=O)N(Cc3ccc(C#N)cc3)[C@@H]3CS(=O)(=O)C[C@H]32)c1. The second kappa shape index (κ2) is 6.64. The lowest BCUT2D eigenvalue weighted by Crippen LogP contribution is -2.38. The molecule has 2 aliphatic heterocycles. The van der Waals surface area contributed by atoms with E-state index in [-0.39, 0.29) is 29.6 Å². The minimum Gasteiger partial charge on any atom is -0.314 e. The van der Waals surface area contributed by atoms with Crippen molar-refractivity contribution in [2.45, 2.75) is 32.5 Å². The normalized spacial score (nSPS) is 23.0. The molecule has 28 heavy (non-hydrogen) atoms. The van der Waals surface area contributed by atoms with Crippen LogP contribution in [0.25, 0.3) is 0 Å². The fourth-order valence-corrected chi connectivity index (χ4v) is 6.05. The number of carbonyl (C=O) groups excluding carboxylic acids is 1. The largest absolute Gasteiger partial charge is 0.325 e. The van der Waals surface area contributed by atoms with E-state index in [1.54, 1.807) is 21.9 Å². The Morgan fingerprint density at radius 1 is 1.07 bits per heavy atom. The van der Waals surface area contributed by atoms with Gasteiger partial charge in [0.15, 0.2) is 9.84 Å². The van der Waals surface area contributed by atoms with Gasteiger partial charge in [0.25, 0.3) is 0 Å². The van der Waals surface area contributed by atoms with E-state index in [2.05, 4.69) is 6.07 Å². The molecule has 0 N–H and O–H groups in total. The summed E-state index contributed by atoms with van der Waals surface area (Å²) in [5.41, 5.74) is 4.17. The van der Waals surface area contributed by atoms with Crippen LogP contribution in [-0.4, -0.2) is 42.9 Å². The number of aryl methyl sites for hydroxylation is 2. The summed E-state index contributed by atoms with van der Waals surface area (Å²) >= 11 is 0. The average molecular weight is 395 g/mol. The van der Waals surface area contributed by atoms with E-state index >= 15 is 0 Å². The highest BCUT2D eigenvalue weighted by molar-refractivity contribution is 7.91. The lowest BCUT2D eigenvalue weighted by atomic mass is 10.1. The number of fused-ring (bicyclic) bond motifs is 1. The lowest BCUT2D eigenvalue weighted by molar-refractivity contribution is 0.206. The van der Waals surface area contributed by atoms with E-state index in [0.29, 0.717) is 12.1 Å². The van der Waals surface area contributed by atoms with Crippen molar-refractivity contribution < 1.29 is 13.2 Å². The van der Waals surface area contributed by atoms with Crippen molar-refractivity contribution in [2.24, 2.45) is 0 Å². The van der Waals surface area contributed by atoms with Gasteiger partial charge in [-0.2, -0.15) is 5.26 Å². The predicted molar refractivity (Wildman–Crippen MR) is 107 cm³/mol. The molecule has 2 amide bonds. The number of benzene rings is 2. The molecule has 2 aromatic rings. The van der Waals surface area contributed by atoms with Crippen LogP contribution < -0.4 is 4.90 Å². The van der Waals surface area contributed by atoms with E-state index in [1.165, 1.54) is 0 Å². The van der Waals surface area contributed by atoms with Crippen LogP contribution in [0.5, 0.6) is 0 Å². The molecule has 2 fully saturated rings. The van der Waals surface area contributed by atoms with Crippen LogP contribution >= 0.6 is 0 Å². The molecule has 0 radical (unpaired) electrons. The fourth-order valence-electron chi connectivity index (χ4n) is 4.10. The molecular formula is C21H21N3O3S. The monoisotopic (exact) mass is 395 g/mol. The molecular weight excluding hydrogens is 374 g/mol. The third-order valence-corrected chi connectivity index (χ3v) is 7.24. The molecule has 0 aromatic heterocycles. The summed E-state index contributed by atoms with van der Waals surface area (Å²) in [6, 6.07) is 14.1. The molecule has 0 spiro atoms. The van der Waals surface area contributed by atoms with Gasteiger partial charge in [0.05, 0.1) is 35.2 Å². The summed E-state index contributed by atoms with van der Waals surface area (Å²) in [5.74, 6) is -0.0261. The maximum Gasteiger partial charge on any atom is 0.325 e. The fraction of sp³-hybridized carbons (Fsp3) is 0.333. The van der Waals surface area contributed by atoms with Gasteiger partial charge in [-0.25, -0.2) is 13.2 Å². The Bertz CT molecular complexity index is 1090. The van der Waals surface area contributed by atoms with Gasteiger partial charge in [-0.15, -0.1) is 0 Å². The molecule has 144 valence electrons. The van der Waals surface area contributed by atoms with Gasteiger partial charge in [-0.05, 0) is 48.7 Å². The number of amides is 2. The summed E-state index contributed by atoms with van der Waals surface area (Å²) < 4.78 is 24.7. The molecule has 2 aromatic carbocycles.